The molecule has 8 nitrogen and oxygen atoms in total. The molecule has 1 aromatic heterocycles. The Morgan fingerprint density at radius 3 is 2.49 bits per heavy atom. The van der Waals surface area contributed by atoms with Crippen molar-refractivity contribution in [3.8, 4) is 0 Å². The molecule has 198 valence electrons. The number of benzene rings is 2. The Morgan fingerprint density at radius 2 is 1.86 bits per heavy atom. The molecule has 1 aliphatic rings. The minimum absolute atomic E-state index is 0.206. The molecule has 0 aliphatic carbocycles. The number of carboxylic acid groups (broad SMARTS) is 1. The molecule has 1 amide bonds. The molecule has 0 saturated carbocycles. The lowest BCUT2D eigenvalue weighted by Gasteiger charge is -2.19. The largest absolute Gasteiger partial charge is 0.490 e. The third-order valence-corrected chi connectivity index (χ3v) is 8.21. The number of carbonyl (C=O) groups is 2. The molecular weight excluding hydrogens is 603 g/mol. The van der Waals surface area contributed by atoms with E-state index in [1.165, 1.54) is 4.31 Å². The van der Waals surface area contributed by atoms with Crippen LogP contribution in [0.2, 0.25) is 5.02 Å². The van der Waals surface area contributed by atoms with E-state index in [0.29, 0.717) is 28.9 Å². The van der Waals surface area contributed by atoms with Crippen LogP contribution in [0, 0.1) is 6.92 Å². The van der Waals surface area contributed by atoms with Gasteiger partial charge in [-0.2, -0.15) is 17.5 Å². The second-order valence-electron chi connectivity index (χ2n) is 8.06. The summed E-state index contributed by atoms with van der Waals surface area (Å²) >= 11 is 9.47. The van der Waals surface area contributed by atoms with Gasteiger partial charge in [0.25, 0.3) is 5.91 Å². The minimum atomic E-state index is -5.08. The fourth-order valence-electron chi connectivity index (χ4n) is 3.68. The highest BCUT2D eigenvalue weighted by atomic mass is 79.9. The Bertz CT molecular complexity index is 1450. The van der Waals surface area contributed by atoms with Gasteiger partial charge in [-0.1, -0.05) is 39.7 Å². The van der Waals surface area contributed by atoms with E-state index in [1.807, 2.05) is 13.0 Å². The summed E-state index contributed by atoms with van der Waals surface area (Å²) in [6.07, 6.45) is -1.26. The van der Waals surface area contributed by atoms with E-state index in [-0.39, 0.29) is 23.4 Å². The number of aromatic nitrogens is 1. The summed E-state index contributed by atoms with van der Waals surface area (Å²) < 4.78 is 60.6. The number of carbonyl (C=O) groups excluding carboxylic acids is 1. The first kappa shape index (κ1) is 28.8. The number of fused-ring (bicyclic) bond motifs is 1. The molecule has 1 saturated heterocycles. The lowest BCUT2D eigenvalue weighted by molar-refractivity contribution is -0.192. The van der Waals surface area contributed by atoms with Gasteiger partial charge in [0.05, 0.1) is 15.5 Å². The maximum atomic E-state index is 13.3. The van der Waals surface area contributed by atoms with Crippen molar-refractivity contribution in [3.05, 3.63) is 69.4 Å². The Balaban J connectivity index is 0.000000479. The molecule has 2 aromatic carbocycles. The molecule has 0 bridgehead atoms. The van der Waals surface area contributed by atoms with E-state index in [2.05, 4.69) is 26.2 Å². The Morgan fingerprint density at radius 1 is 1.19 bits per heavy atom. The van der Waals surface area contributed by atoms with Crippen molar-refractivity contribution >= 4 is 60.2 Å². The number of halogens is 5. The van der Waals surface area contributed by atoms with Crippen molar-refractivity contribution in [2.24, 2.45) is 0 Å². The third-order valence-electron chi connectivity index (χ3n) is 5.49. The van der Waals surface area contributed by atoms with Crippen molar-refractivity contribution in [1.29, 1.82) is 0 Å². The average Bonchev–Trinajstić information content (AvgIpc) is 3.28. The molecule has 3 aromatic rings. The van der Waals surface area contributed by atoms with Crippen molar-refractivity contribution < 1.29 is 36.3 Å². The normalized spacial score (nSPS) is 16.2. The fraction of sp³-hybridized carbons (Fsp3) is 0.261. The quantitative estimate of drug-likeness (QED) is 0.433. The van der Waals surface area contributed by atoms with E-state index >= 15 is 0 Å². The molecule has 1 atom stereocenters. The van der Waals surface area contributed by atoms with Crippen LogP contribution in [-0.2, 0) is 14.8 Å². The second-order valence-corrected chi connectivity index (χ2v) is 11.3. The number of hydrogen-bond donors (Lipinski definition) is 2. The maximum absolute atomic E-state index is 13.3. The van der Waals surface area contributed by atoms with Gasteiger partial charge in [-0.05, 0) is 48.6 Å². The molecule has 0 radical (unpaired) electrons. The summed E-state index contributed by atoms with van der Waals surface area (Å²) in [5.41, 5.74) is 1.28. The predicted octanol–water partition coefficient (Wildman–Crippen LogP) is 4.79. The van der Waals surface area contributed by atoms with Gasteiger partial charge in [-0.3, -0.25) is 9.78 Å². The van der Waals surface area contributed by atoms with Crippen LogP contribution in [-0.4, -0.2) is 60.0 Å². The number of alkyl halides is 3. The van der Waals surface area contributed by atoms with Crippen molar-refractivity contribution in [2.45, 2.75) is 30.5 Å². The number of aliphatic carboxylic acids is 1. The van der Waals surface area contributed by atoms with Gasteiger partial charge in [-0.15, -0.1) is 0 Å². The van der Waals surface area contributed by atoms with Crippen LogP contribution >= 0.6 is 27.5 Å². The van der Waals surface area contributed by atoms with Crippen LogP contribution in [0.3, 0.4) is 0 Å². The van der Waals surface area contributed by atoms with Crippen LogP contribution in [0.5, 0.6) is 0 Å². The summed E-state index contributed by atoms with van der Waals surface area (Å²) in [6.45, 7) is 2.44. The maximum Gasteiger partial charge on any atom is 0.490 e. The zero-order valence-corrected chi connectivity index (χ0v) is 22.2. The van der Waals surface area contributed by atoms with Crippen molar-refractivity contribution in [2.75, 3.05) is 13.1 Å². The lowest BCUT2D eigenvalue weighted by Crippen LogP contribution is -2.38. The second kappa shape index (κ2) is 11.3. The molecular formula is C23H20BrClF3N3O5S. The summed E-state index contributed by atoms with van der Waals surface area (Å²) in [7, 11) is -3.72. The Labute approximate surface area is 223 Å². The number of sulfonamides is 1. The number of nitrogens with one attached hydrogen (secondary N) is 1. The van der Waals surface area contributed by atoms with Crippen molar-refractivity contribution in [1.82, 2.24) is 14.6 Å². The molecule has 2 N–H and O–H groups in total. The summed E-state index contributed by atoms with van der Waals surface area (Å²) in [4.78, 5) is 25.9. The Kier molecular flexibility index (Phi) is 8.83. The first-order chi connectivity index (χ1) is 17.2. The van der Waals surface area contributed by atoms with Crippen LogP contribution < -0.4 is 5.32 Å². The van der Waals surface area contributed by atoms with E-state index in [9.17, 15) is 26.4 Å². The number of amides is 1. The van der Waals surface area contributed by atoms with Crippen LogP contribution in [0.25, 0.3) is 10.8 Å². The SMILES string of the molecule is Cc1cncc2c(S(=O)(=O)N3CC[C@H](NC(=O)c4ccc(Br)cc4Cl)C3)cccc12.O=C(O)C(F)(F)F. The van der Waals surface area contributed by atoms with Gasteiger partial charge in [0.2, 0.25) is 10.0 Å². The van der Waals surface area contributed by atoms with Gasteiger partial charge in [0, 0.05) is 41.4 Å². The zero-order valence-electron chi connectivity index (χ0n) is 19.1. The first-order valence-corrected chi connectivity index (χ1v) is 13.2. The highest BCUT2D eigenvalue weighted by molar-refractivity contribution is 9.10. The van der Waals surface area contributed by atoms with Crippen molar-refractivity contribution in [3.63, 3.8) is 0 Å². The number of rotatable bonds is 4. The monoisotopic (exact) mass is 621 g/mol. The van der Waals surface area contributed by atoms with Gasteiger partial charge in [-0.25, -0.2) is 13.2 Å². The standard InChI is InChI=1S/C21H19BrClN3O3S.C2HF3O2/c1-13-10-24-11-18-16(13)3-2-4-20(18)30(28,29)26-8-7-15(12-26)25-21(27)17-6-5-14(22)9-19(17)23;3-2(4,5)1(6)7/h2-6,9-11,15H,7-8,12H2,1H3,(H,25,27);(H,6,7)/t15-;/m0./s1. The molecule has 2 heterocycles. The highest BCUT2D eigenvalue weighted by Crippen LogP contribution is 2.29. The topological polar surface area (TPSA) is 117 Å². The smallest absolute Gasteiger partial charge is 0.475 e. The highest BCUT2D eigenvalue weighted by Gasteiger charge is 2.38. The molecule has 4 rings (SSSR count). The molecule has 14 heteroatoms. The number of aryl methyl sites for hydroxylation is 1. The van der Waals surface area contributed by atoms with Gasteiger partial charge >= 0.3 is 12.1 Å². The number of hydrogen-bond acceptors (Lipinski definition) is 5. The first-order valence-electron chi connectivity index (χ1n) is 10.6. The predicted molar refractivity (Wildman–Crippen MR) is 134 cm³/mol. The summed E-state index contributed by atoms with van der Waals surface area (Å²) in [5, 5.41) is 11.8. The Hall–Kier alpha value is -2.74. The molecule has 0 spiro atoms. The molecule has 37 heavy (non-hydrogen) atoms. The summed E-state index contributed by atoms with van der Waals surface area (Å²) in [6, 6.07) is 9.97. The van der Waals surface area contributed by atoms with Gasteiger partial charge in [0.15, 0.2) is 0 Å². The lowest BCUT2D eigenvalue weighted by atomic mass is 10.1. The van der Waals surface area contributed by atoms with Crippen LogP contribution in [0.1, 0.15) is 22.3 Å². The molecule has 1 fully saturated rings. The van der Waals surface area contributed by atoms with Gasteiger partial charge < -0.3 is 10.4 Å². The van der Waals surface area contributed by atoms with E-state index in [4.69, 9.17) is 21.5 Å². The van der Waals surface area contributed by atoms with Crippen LogP contribution in [0.15, 0.2) is 58.2 Å². The van der Waals surface area contributed by atoms with E-state index in [1.54, 1.807) is 42.7 Å². The molecule has 0 unspecified atom stereocenters. The van der Waals surface area contributed by atoms with E-state index < -0.39 is 22.2 Å². The number of pyridine rings is 1. The number of carboxylic acids is 1. The average molecular weight is 623 g/mol. The number of nitrogens with zero attached hydrogens (tertiary/aromatic N) is 2. The van der Waals surface area contributed by atoms with Gasteiger partial charge in [0.1, 0.15) is 0 Å². The third kappa shape index (κ3) is 6.78. The minimum Gasteiger partial charge on any atom is -0.475 e. The zero-order chi connectivity index (χ0) is 27.5. The van der Waals surface area contributed by atoms with E-state index in [0.717, 1.165) is 15.4 Å². The fourth-order valence-corrected chi connectivity index (χ4v) is 6.13. The summed E-state index contributed by atoms with van der Waals surface area (Å²) in [5.74, 6) is -3.07. The molecule has 1 aliphatic heterocycles. The van der Waals surface area contributed by atoms with Crippen LogP contribution in [0.4, 0.5) is 13.2 Å².